The zero-order valence-corrected chi connectivity index (χ0v) is 11.5. The first kappa shape index (κ1) is 15.3. The van der Waals surface area contributed by atoms with Crippen LogP contribution in [0.25, 0.3) is 0 Å². The van der Waals surface area contributed by atoms with Crippen molar-refractivity contribution in [1.82, 2.24) is 9.80 Å². The zero-order chi connectivity index (χ0) is 14.8. The maximum atomic E-state index is 13.1. The van der Waals surface area contributed by atoms with E-state index in [2.05, 4.69) is 4.90 Å². The molecule has 1 unspecified atom stereocenters. The van der Waals surface area contributed by atoms with Crippen LogP contribution in [0.1, 0.15) is 17.2 Å². The lowest BCUT2D eigenvalue weighted by Gasteiger charge is -2.38. The highest BCUT2D eigenvalue weighted by Crippen LogP contribution is 2.36. The highest BCUT2D eigenvalue weighted by atomic mass is 19.4. The molecule has 1 atom stereocenters. The molecule has 2 N–H and O–H groups in total. The van der Waals surface area contributed by atoms with E-state index in [4.69, 9.17) is 5.73 Å². The Morgan fingerprint density at radius 3 is 2.30 bits per heavy atom. The first-order valence-corrected chi connectivity index (χ1v) is 6.72. The minimum Gasteiger partial charge on any atom is -0.329 e. The molecule has 3 nitrogen and oxygen atoms in total. The third kappa shape index (κ3) is 3.31. The van der Waals surface area contributed by atoms with Crippen molar-refractivity contribution < 1.29 is 13.2 Å². The van der Waals surface area contributed by atoms with E-state index in [1.54, 1.807) is 12.1 Å². The van der Waals surface area contributed by atoms with Gasteiger partial charge in [-0.1, -0.05) is 18.2 Å². The molecule has 1 aromatic rings. The van der Waals surface area contributed by atoms with Gasteiger partial charge in [0.15, 0.2) is 0 Å². The van der Waals surface area contributed by atoms with Gasteiger partial charge in [-0.3, -0.25) is 4.90 Å². The van der Waals surface area contributed by atoms with Gasteiger partial charge in [0.25, 0.3) is 0 Å². The molecule has 0 bridgehead atoms. The van der Waals surface area contributed by atoms with Crippen molar-refractivity contribution in [3.8, 4) is 0 Å². The van der Waals surface area contributed by atoms with E-state index in [0.717, 1.165) is 32.2 Å². The topological polar surface area (TPSA) is 32.5 Å². The summed E-state index contributed by atoms with van der Waals surface area (Å²) in [6, 6.07) is 5.36. The second kappa shape index (κ2) is 6.11. The Balaban J connectivity index is 2.28. The summed E-state index contributed by atoms with van der Waals surface area (Å²) in [6.07, 6.45) is -4.34. The lowest BCUT2D eigenvalue weighted by atomic mass is 9.98. The molecule has 20 heavy (non-hydrogen) atoms. The number of nitrogens with zero attached hydrogens (tertiary/aromatic N) is 2. The Hall–Kier alpha value is -1.11. The molecule has 0 saturated carbocycles. The largest absolute Gasteiger partial charge is 0.416 e. The predicted molar refractivity (Wildman–Crippen MR) is 72.3 cm³/mol. The van der Waals surface area contributed by atoms with Crippen LogP contribution in [0.5, 0.6) is 0 Å². The number of rotatable bonds is 3. The average molecular weight is 287 g/mol. The molecular formula is C14H20F3N3. The van der Waals surface area contributed by atoms with Gasteiger partial charge >= 0.3 is 6.18 Å². The summed E-state index contributed by atoms with van der Waals surface area (Å²) in [5, 5.41) is 0. The van der Waals surface area contributed by atoms with Crippen molar-refractivity contribution in [1.29, 1.82) is 0 Å². The molecular weight excluding hydrogens is 267 g/mol. The molecule has 112 valence electrons. The van der Waals surface area contributed by atoms with Crippen LogP contribution in [-0.4, -0.2) is 49.6 Å². The van der Waals surface area contributed by atoms with E-state index in [9.17, 15) is 13.2 Å². The predicted octanol–water partition coefficient (Wildman–Crippen LogP) is 1.95. The maximum absolute atomic E-state index is 13.1. The summed E-state index contributed by atoms with van der Waals surface area (Å²) in [6.45, 7) is 3.38. The van der Waals surface area contributed by atoms with Crippen molar-refractivity contribution in [3.05, 3.63) is 35.4 Å². The van der Waals surface area contributed by atoms with Gasteiger partial charge < -0.3 is 10.6 Å². The molecule has 0 amide bonds. The van der Waals surface area contributed by atoms with Crippen LogP contribution in [0.3, 0.4) is 0 Å². The monoisotopic (exact) mass is 287 g/mol. The third-order valence-electron chi connectivity index (χ3n) is 3.83. The van der Waals surface area contributed by atoms with Crippen molar-refractivity contribution in [2.75, 3.05) is 39.8 Å². The van der Waals surface area contributed by atoms with Gasteiger partial charge in [-0.15, -0.1) is 0 Å². The summed E-state index contributed by atoms with van der Waals surface area (Å²) < 4.78 is 39.3. The quantitative estimate of drug-likeness (QED) is 0.922. The van der Waals surface area contributed by atoms with Gasteiger partial charge in [0, 0.05) is 38.8 Å². The standard InChI is InChI=1S/C14H20F3N3/c1-19-6-8-20(9-7-19)13(10-18)11-4-2-3-5-12(11)14(15,16)17/h2-5,13H,6-10,18H2,1H3. The fourth-order valence-corrected chi connectivity index (χ4v) is 2.65. The second-order valence-electron chi connectivity index (χ2n) is 5.18. The minimum atomic E-state index is -4.34. The average Bonchev–Trinajstić information content (AvgIpc) is 2.41. The summed E-state index contributed by atoms with van der Waals surface area (Å²) in [5.41, 5.74) is 5.47. The van der Waals surface area contributed by atoms with E-state index in [1.165, 1.54) is 6.07 Å². The number of alkyl halides is 3. The molecule has 0 aliphatic carbocycles. The molecule has 1 saturated heterocycles. The molecule has 0 aromatic heterocycles. The minimum absolute atomic E-state index is 0.191. The lowest BCUT2D eigenvalue weighted by molar-refractivity contribution is -0.138. The van der Waals surface area contributed by atoms with Gasteiger partial charge in [-0.05, 0) is 18.7 Å². The van der Waals surface area contributed by atoms with Crippen molar-refractivity contribution >= 4 is 0 Å². The molecule has 6 heteroatoms. The number of benzene rings is 1. The normalized spacial score (nSPS) is 20.1. The van der Waals surface area contributed by atoms with Gasteiger partial charge in [0.2, 0.25) is 0 Å². The highest BCUT2D eigenvalue weighted by Gasteiger charge is 2.36. The number of piperazine rings is 1. The van der Waals surface area contributed by atoms with Crippen molar-refractivity contribution in [2.24, 2.45) is 5.73 Å². The van der Waals surface area contributed by atoms with Crippen LogP contribution in [0.2, 0.25) is 0 Å². The van der Waals surface area contributed by atoms with E-state index in [-0.39, 0.29) is 18.2 Å². The Morgan fingerprint density at radius 2 is 1.75 bits per heavy atom. The zero-order valence-electron chi connectivity index (χ0n) is 11.5. The fourth-order valence-electron chi connectivity index (χ4n) is 2.65. The van der Waals surface area contributed by atoms with E-state index >= 15 is 0 Å². The smallest absolute Gasteiger partial charge is 0.329 e. The van der Waals surface area contributed by atoms with Crippen LogP contribution < -0.4 is 5.73 Å². The molecule has 1 aliphatic rings. The molecule has 1 aromatic carbocycles. The molecule has 0 radical (unpaired) electrons. The third-order valence-corrected chi connectivity index (χ3v) is 3.83. The number of likely N-dealkylation sites (N-methyl/N-ethyl adjacent to an activating group) is 1. The highest BCUT2D eigenvalue weighted by molar-refractivity contribution is 5.32. The second-order valence-corrected chi connectivity index (χ2v) is 5.18. The lowest BCUT2D eigenvalue weighted by Crippen LogP contribution is -2.47. The maximum Gasteiger partial charge on any atom is 0.416 e. The van der Waals surface area contributed by atoms with Crippen LogP contribution in [0.15, 0.2) is 24.3 Å². The van der Waals surface area contributed by atoms with Crippen molar-refractivity contribution in [3.63, 3.8) is 0 Å². The molecule has 1 fully saturated rings. The molecule has 2 rings (SSSR count). The summed E-state index contributed by atoms with van der Waals surface area (Å²) >= 11 is 0. The summed E-state index contributed by atoms with van der Waals surface area (Å²) in [5.74, 6) is 0. The Labute approximate surface area is 117 Å². The van der Waals surface area contributed by atoms with Crippen LogP contribution in [0, 0.1) is 0 Å². The number of halogens is 3. The number of hydrogen-bond donors (Lipinski definition) is 1. The first-order chi connectivity index (χ1) is 9.43. The summed E-state index contributed by atoms with van der Waals surface area (Å²) in [7, 11) is 2.01. The SMILES string of the molecule is CN1CCN(C(CN)c2ccccc2C(F)(F)F)CC1. The summed E-state index contributed by atoms with van der Waals surface area (Å²) in [4.78, 5) is 4.21. The first-order valence-electron chi connectivity index (χ1n) is 6.72. The van der Waals surface area contributed by atoms with E-state index in [1.807, 2.05) is 11.9 Å². The van der Waals surface area contributed by atoms with Crippen LogP contribution in [-0.2, 0) is 6.18 Å². The van der Waals surface area contributed by atoms with Gasteiger partial charge in [-0.25, -0.2) is 0 Å². The van der Waals surface area contributed by atoms with E-state index in [0.29, 0.717) is 0 Å². The van der Waals surface area contributed by atoms with Crippen molar-refractivity contribution in [2.45, 2.75) is 12.2 Å². The molecule has 1 aliphatic heterocycles. The number of hydrogen-bond acceptors (Lipinski definition) is 3. The van der Waals surface area contributed by atoms with Gasteiger partial charge in [0.05, 0.1) is 5.56 Å². The Bertz CT molecular complexity index is 440. The number of nitrogens with two attached hydrogens (primary N) is 1. The van der Waals surface area contributed by atoms with Gasteiger partial charge in [0.1, 0.15) is 0 Å². The Kier molecular flexibility index (Phi) is 4.67. The molecule has 1 heterocycles. The van der Waals surface area contributed by atoms with E-state index < -0.39 is 11.7 Å². The van der Waals surface area contributed by atoms with Gasteiger partial charge in [-0.2, -0.15) is 13.2 Å². The van der Waals surface area contributed by atoms with Crippen LogP contribution in [0.4, 0.5) is 13.2 Å². The molecule has 0 spiro atoms. The fraction of sp³-hybridized carbons (Fsp3) is 0.571. The Morgan fingerprint density at radius 1 is 1.15 bits per heavy atom. The van der Waals surface area contributed by atoms with Crippen LogP contribution >= 0.6 is 0 Å².